The van der Waals surface area contributed by atoms with Gasteiger partial charge in [0, 0.05) is 5.56 Å². The predicted molar refractivity (Wildman–Crippen MR) is 100 cm³/mol. The van der Waals surface area contributed by atoms with Gasteiger partial charge in [-0.05, 0) is 24.3 Å². The molecule has 0 fully saturated rings. The molecule has 7 nitrogen and oxygen atoms in total. The van der Waals surface area contributed by atoms with Gasteiger partial charge in [0.1, 0.15) is 34.8 Å². The minimum absolute atomic E-state index is 0.0126. The summed E-state index contributed by atoms with van der Waals surface area (Å²) in [6, 6.07) is 10.6. The second-order valence-corrected chi connectivity index (χ2v) is 6.26. The first-order chi connectivity index (χ1) is 14.0. The van der Waals surface area contributed by atoms with E-state index in [9.17, 15) is 23.5 Å². The molecule has 0 bridgehead atoms. The molecule has 2 aromatic carbocycles. The predicted octanol–water partition coefficient (Wildman–Crippen LogP) is 3.40. The Hall–Kier alpha value is -4.01. The van der Waals surface area contributed by atoms with Crippen LogP contribution < -0.4 is 10.6 Å². The number of carbonyl (C=O) groups excluding carboxylic acids is 1. The molecule has 9 heteroatoms. The molecule has 1 atom stereocenters. The van der Waals surface area contributed by atoms with Gasteiger partial charge in [-0.1, -0.05) is 30.3 Å². The number of hydrogen-bond acceptors (Lipinski definition) is 4. The first-order valence-corrected chi connectivity index (χ1v) is 8.55. The number of hydrogen-bond donors (Lipinski definition) is 3. The SMILES string of the molecule is O=C(O)C1=C[C@@H](c2ccccc2F)n2ncc(C(=O)Nc3ccccc3F)c2N1. The van der Waals surface area contributed by atoms with Crippen molar-refractivity contribution in [3.8, 4) is 0 Å². The molecular weight excluding hydrogens is 382 g/mol. The monoisotopic (exact) mass is 396 g/mol. The van der Waals surface area contributed by atoms with Crippen LogP contribution in [0.4, 0.5) is 20.3 Å². The summed E-state index contributed by atoms with van der Waals surface area (Å²) in [5, 5.41) is 18.6. The van der Waals surface area contributed by atoms with E-state index in [1.165, 1.54) is 53.4 Å². The van der Waals surface area contributed by atoms with Crippen LogP contribution in [0.15, 0.2) is 66.5 Å². The number of para-hydroxylation sites is 1. The molecule has 0 aliphatic carbocycles. The Bertz CT molecular complexity index is 1160. The Morgan fingerprint density at radius 2 is 1.76 bits per heavy atom. The van der Waals surface area contributed by atoms with Crippen LogP contribution in [-0.2, 0) is 4.79 Å². The number of allylic oxidation sites excluding steroid dienone is 1. The van der Waals surface area contributed by atoms with Crippen LogP contribution in [0.3, 0.4) is 0 Å². The molecule has 1 amide bonds. The number of aliphatic carboxylic acids is 1. The second kappa shape index (κ2) is 7.19. The quantitative estimate of drug-likeness (QED) is 0.628. The van der Waals surface area contributed by atoms with E-state index in [1.807, 2.05) is 0 Å². The van der Waals surface area contributed by atoms with Crippen molar-refractivity contribution in [2.45, 2.75) is 6.04 Å². The van der Waals surface area contributed by atoms with Gasteiger partial charge in [-0.15, -0.1) is 0 Å². The third-order valence-electron chi connectivity index (χ3n) is 4.46. The van der Waals surface area contributed by atoms with Crippen molar-refractivity contribution in [1.82, 2.24) is 9.78 Å². The molecule has 2 heterocycles. The number of fused-ring (bicyclic) bond motifs is 1. The van der Waals surface area contributed by atoms with E-state index in [0.717, 1.165) is 0 Å². The largest absolute Gasteiger partial charge is 0.477 e. The Morgan fingerprint density at radius 1 is 1.07 bits per heavy atom. The van der Waals surface area contributed by atoms with Gasteiger partial charge < -0.3 is 15.7 Å². The molecule has 1 aliphatic rings. The minimum atomic E-state index is -1.28. The highest BCUT2D eigenvalue weighted by Crippen LogP contribution is 2.33. The third kappa shape index (κ3) is 3.33. The fourth-order valence-corrected chi connectivity index (χ4v) is 3.08. The van der Waals surface area contributed by atoms with Crippen molar-refractivity contribution in [2.75, 3.05) is 10.6 Å². The number of amides is 1. The number of aromatic nitrogens is 2. The summed E-state index contributed by atoms with van der Waals surface area (Å²) < 4.78 is 29.5. The Labute approximate surface area is 163 Å². The summed E-state index contributed by atoms with van der Waals surface area (Å²) in [6.45, 7) is 0. The van der Waals surface area contributed by atoms with Crippen molar-refractivity contribution in [3.63, 3.8) is 0 Å². The number of carboxylic acids is 1. The van der Waals surface area contributed by atoms with Gasteiger partial charge in [-0.3, -0.25) is 4.79 Å². The smallest absolute Gasteiger partial charge is 0.352 e. The van der Waals surface area contributed by atoms with Crippen LogP contribution in [-0.4, -0.2) is 26.8 Å². The number of carboxylic acid groups (broad SMARTS) is 1. The topological polar surface area (TPSA) is 96.2 Å². The number of carbonyl (C=O) groups is 2. The summed E-state index contributed by atoms with van der Waals surface area (Å²) in [6.07, 6.45) is 2.52. The van der Waals surface area contributed by atoms with E-state index in [2.05, 4.69) is 15.7 Å². The zero-order chi connectivity index (χ0) is 20.5. The standard InChI is InChI=1S/C20H14F2N4O3/c21-13-6-2-1-5-11(13)17-9-16(20(28)29)24-18-12(10-23-26(17)18)19(27)25-15-8-4-3-7-14(15)22/h1-10,17,24H,(H,25,27)(H,28,29)/t17-/m0/s1. The maximum absolute atomic E-state index is 14.3. The zero-order valence-corrected chi connectivity index (χ0v) is 14.8. The normalized spacial score (nSPS) is 15.1. The van der Waals surface area contributed by atoms with E-state index in [0.29, 0.717) is 0 Å². The van der Waals surface area contributed by atoms with Gasteiger partial charge in [0.2, 0.25) is 0 Å². The van der Waals surface area contributed by atoms with Crippen LogP contribution in [0.25, 0.3) is 0 Å². The maximum Gasteiger partial charge on any atom is 0.352 e. The van der Waals surface area contributed by atoms with Gasteiger partial charge in [0.25, 0.3) is 5.91 Å². The van der Waals surface area contributed by atoms with Crippen molar-refractivity contribution >= 4 is 23.4 Å². The van der Waals surface area contributed by atoms with E-state index in [-0.39, 0.29) is 28.3 Å². The molecule has 0 saturated carbocycles. The molecule has 3 N–H and O–H groups in total. The van der Waals surface area contributed by atoms with Crippen molar-refractivity contribution < 1.29 is 23.5 Å². The fraction of sp³-hybridized carbons (Fsp3) is 0.0500. The van der Waals surface area contributed by atoms with Crippen molar-refractivity contribution in [1.29, 1.82) is 0 Å². The third-order valence-corrected chi connectivity index (χ3v) is 4.46. The number of anilines is 2. The minimum Gasteiger partial charge on any atom is -0.477 e. The first-order valence-electron chi connectivity index (χ1n) is 8.55. The summed E-state index contributed by atoms with van der Waals surface area (Å²) in [5.74, 6) is -3.07. The highest BCUT2D eigenvalue weighted by atomic mass is 19.1. The highest BCUT2D eigenvalue weighted by molar-refractivity contribution is 6.08. The van der Waals surface area contributed by atoms with Crippen molar-refractivity contribution in [3.05, 3.63) is 89.3 Å². The molecule has 0 saturated heterocycles. The average Bonchev–Trinajstić information content (AvgIpc) is 3.13. The fourth-order valence-electron chi connectivity index (χ4n) is 3.08. The summed E-state index contributed by atoms with van der Waals surface area (Å²) in [7, 11) is 0. The van der Waals surface area contributed by atoms with Gasteiger partial charge >= 0.3 is 5.97 Å². The molecule has 1 aromatic heterocycles. The summed E-state index contributed by atoms with van der Waals surface area (Å²) in [5.41, 5.74) is -0.0845. The lowest BCUT2D eigenvalue weighted by Gasteiger charge is -2.24. The molecule has 4 rings (SSSR count). The van der Waals surface area contributed by atoms with Gasteiger partial charge in [-0.2, -0.15) is 5.10 Å². The summed E-state index contributed by atoms with van der Waals surface area (Å²) in [4.78, 5) is 24.2. The molecule has 29 heavy (non-hydrogen) atoms. The van der Waals surface area contributed by atoms with Crippen LogP contribution >= 0.6 is 0 Å². The number of nitrogens with one attached hydrogen (secondary N) is 2. The Balaban J connectivity index is 1.75. The van der Waals surface area contributed by atoms with E-state index < -0.39 is 29.6 Å². The number of benzene rings is 2. The number of nitrogens with zero attached hydrogens (tertiary/aromatic N) is 2. The van der Waals surface area contributed by atoms with Gasteiger partial charge in [-0.25, -0.2) is 18.3 Å². The van der Waals surface area contributed by atoms with Gasteiger partial charge in [0.05, 0.1) is 11.9 Å². The molecule has 0 unspecified atom stereocenters. The van der Waals surface area contributed by atoms with E-state index >= 15 is 0 Å². The second-order valence-electron chi connectivity index (χ2n) is 6.26. The lowest BCUT2D eigenvalue weighted by atomic mass is 10.0. The van der Waals surface area contributed by atoms with Crippen LogP contribution in [0.5, 0.6) is 0 Å². The first kappa shape index (κ1) is 18.4. The Kier molecular flexibility index (Phi) is 4.55. The Morgan fingerprint density at radius 3 is 2.45 bits per heavy atom. The lowest BCUT2D eigenvalue weighted by molar-refractivity contribution is -0.132. The molecule has 0 spiro atoms. The highest BCUT2D eigenvalue weighted by Gasteiger charge is 2.30. The molecular formula is C20H14F2N4O3. The maximum atomic E-state index is 14.3. The van der Waals surface area contributed by atoms with E-state index in [4.69, 9.17) is 0 Å². The molecule has 146 valence electrons. The molecule has 1 aliphatic heterocycles. The summed E-state index contributed by atoms with van der Waals surface area (Å²) >= 11 is 0. The molecule has 3 aromatic rings. The van der Waals surface area contributed by atoms with Crippen molar-refractivity contribution in [2.24, 2.45) is 0 Å². The number of rotatable bonds is 4. The van der Waals surface area contributed by atoms with E-state index in [1.54, 1.807) is 12.1 Å². The van der Waals surface area contributed by atoms with Crippen LogP contribution in [0.2, 0.25) is 0 Å². The average molecular weight is 396 g/mol. The zero-order valence-electron chi connectivity index (χ0n) is 14.8. The number of halogens is 2. The van der Waals surface area contributed by atoms with Crippen LogP contribution in [0.1, 0.15) is 22.0 Å². The lowest BCUT2D eigenvalue weighted by Crippen LogP contribution is -2.26. The van der Waals surface area contributed by atoms with Crippen LogP contribution in [0, 0.1) is 11.6 Å². The molecule has 0 radical (unpaired) electrons. The van der Waals surface area contributed by atoms with Gasteiger partial charge in [0.15, 0.2) is 0 Å².